The zero-order chi connectivity index (χ0) is 10.8. The molecular weight excluding hydrogens is 204 g/mol. The third-order valence-electron chi connectivity index (χ3n) is 0. The van der Waals surface area contributed by atoms with Crippen molar-refractivity contribution in [2.24, 2.45) is 0 Å². The summed E-state index contributed by atoms with van der Waals surface area (Å²) in [4.78, 5) is 0. The van der Waals surface area contributed by atoms with Crippen LogP contribution in [0, 0.1) is 0 Å². The van der Waals surface area contributed by atoms with Crippen LogP contribution in [0.4, 0.5) is 0 Å². The van der Waals surface area contributed by atoms with E-state index in [-0.39, 0.29) is 4.75 Å². The van der Waals surface area contributed by atoms with Crippen LogP contribution in [-0.4, -0.2) is 15.7 Å². The molecule has 0 radical (unpaired) electrons. The first-order chi connectivity index (χ1) is 5.15. The number of hydrogen-bond donors (Lipinski definition) is 3. The molecule has 3 heteroatoms. The summed E-state index contributed by atoms with van der Waals surface area (Å²) in [5.74, 6) is 0.944. The van der Waals surface area contributed by atoms with E-state index < -0.39 is 0 Å². The lowest BCUT2D eigenvalue weighted by atomic mass is 10.3. The van der Waals surface area contributed by atoms with Gasteiger partial charge in [-0.25, -0.2) is 0 Å². The summed E-state index contributed by atoms with van der Waals surface area (Å²) in [6.07, 6.45) is 0. The predicted octanol–water partition coefficient (Wildman–Crippen LogP) is 3.98. The monoisotopic (exact) mass is 228 g/mol. The molecule has 12 heavy (non-hydrogen) atoms. The highest BCUT2D eigenvalue weighted by molar-refractivity contribution is 7.81. The fourth-order valence-corrected chi connectivity index (χ4v) is 0. The van der Waals surface area contributed by atoms with Gasteiger partial charge in [-0.3, -0.25) is 0 Å². The minimum Gasteiger partial charge on any atom is -0.180 e. The Kier molecular flexibility index (Phi) is 18.8. The third-order valence-corrected chi connectivity index (χ3v) is 0. The molecule has 0 aromatic heterocycles. The molecule has 0 unspecified atom stereocenters. The van der Waals surface area contributed by atoms with Gasteiger partial charge >= 0.3 is 0 Å². The normalized spacial score (nSPS) is 9.50. The van der Waals surface area contributed by atoms with Gasteiger partial charge in [0.2, 0.25) is 0 Å². The van der Waals surface area contributed by atoms with E-state index in [1.807, 2.05) is 20.8 Å². The van der Waals surface area contributed by atoms with Crippen LogP contribution in [0.5, 0.6) is 0 Å². The maximum Gasteiger partial charge on any atom is 0.00449 e. The smallest absolute Gasteiger partial charge is 0.00449 e. The van der Waals surface area contributed by atoms with E-state index in [9.17, 15) is 0 Å². The van der Waals surface area contributed by atoms with Crippen molar-refractivity contribution < 1.29 is 0 Å². The second-order valence-corrected chi connectivity index (χ2v) is 6.59. The Morgan fingerprint density at radius 1 is 1.17 bits per heavy atom. The van der Waals surface area contributed by atoms with Gasteiger partial charge in [0.05, 0.1) is 0 Å². The van der Waals surface area contributed by atoms with Gasteiger partial charge < -0.3 is 0 Å². The Labute approximate surface area is 95.1 Å². The summed E-state index contributed by atoms with van der Waals surface area (Å²) in [5.41, 5.74) is 0. The van der Waals surface area contributed by atoms with Crippen LogP contribution in [0.3, 0.4) is 0 Å². The molecule has 0 aliphatic carbocycles. The Balaban J connectivity index is -0.000000105. The summed E-state index contributed by atoms with van der Waals surface area (Å²) < 4.78 is 0.194. The highest BCUT2D eigenvalue weighted by Gasteiger charge is 1.96. The van der Waals surface area contributed by atoms with Crippen LogP contribution in [-0.2, 0) is 0 Å². The van der Waals surface area contributed by atoms with Gasteiger partial charge in [-0.2, -0.15) is 37.9 Å². The largest absolute Gasteiger partial charge is 0.180 e. The summed E-state index contributed by atoms with van der Waals surface area (Å²) in [6, 6.07) is 0. The molecule has 0 spiro atoms. The lowest BCUT2D eigenvalue weighted by Crippen LogP contribution is -1.99. The van der Waals surface area contributed by atoms with E-state index in [2.05, 4.69) is 58.7 Å². The van der Waals surface area contributed by atoms with Crippen molar-refractivity contribution in [2.75, 3.05) is 5.75 Å². The fraction of sp³-hybridized carbons (Fsp3) is 1.00. The zero-order valence-corrected chi connectivity index (χ0v) is 11.8. The molecule has 0 amide bonds. The minimum atomic E-state index is 0.194. The van der Waals surface area contributed by atoms with Crippen molar-refractivity contribution in [3.05, 3.63) is 0 Å². The van der Waals surface area contributed by atoms with Crippen LogP contribution in [0.2, 0.25) is 0 Å². The average molecular weight is 228 g/mol. The maximum absolute atomic E-state index is 4.12. The second kappa shape index (κ2) is 12.0. The predicted molar refractivity (Wildman–Crippen MR) is 72.4 cm³/mol. The van der Waals surface area contributed by atoms with Crippen LogP contribution < -0.4 is 0 Å². The van der Waals surface area contributed by atoms with Crippen molar-refractivity contribution >= 4 is 37.9 Å². The maximum atomic E-state index is 4.12. The first kappa shape index (κ1) is 18.8. The van der Waals surface area contributed by atoms with E-state index >= 15 is 0 Å². The number of rotatable bonds is 0. The van der Waals surface area contributed by atoms with Gasteiger partial charge in [-0.05, 0) is 11.0 Å². The molecule has 78 valence electrons. The lowest BCUT2D eigenvalue weighted by molar-refractivity contribution is 0.812. The van der Waals surface area contributed by atoms with Crippen LogP contribution >= 0.6 is 37.9 Å². The molecular formula is C9H24S3. The van der Waals surface area contributed by atoms with Gasteiger partial charge in [0.1, 0.15) is 0 Å². The first-order valence-corrected chi connectivity index (χ1v) is 5.76. The topological polar surface area (TPSA) is 0 Å². The van der Waals surface area contributed by atoms with Gasteiger partial charge in [-0.15, -0.1) is 0 Å². The van der Waals surface area contributed by atoms with Crippen molar-refractivity contribution in [2.45, 2.75) is 51.5 Å². The average Bonchev–Trinajstić information content (AvgIpc) is 1.56. The first-order valence-electron chi connectivity index (χ1n) is 4.16. The van der Waals surface area contributed by atoms with E-state index in [1.54, 1.807) is 0 Å². The van der Waals surface area contributed by atoms with E-state index in [1.165, 1.54) is 0 Å². The van der Waals surface area contributed by atoms with E-state index in [4.69, 9.17) is 0 Å². The summed E-state index contributed by atoms with van der Waals surface area (Å²) in [6.45, 7) is 12.2. The van der Waals surface area contributed by atoms with Crippen LogP contribution in [0.15, 0.2) is 0 Å². The molecule has 0 saturated heterocycles. The Hall–Kier alpha value is 1.05. The molecule has 0 nitrogen and oxygen atoms in total. The van der Waals surface area contributed by atoms with Gasteiger partial charge in [0, 0.05) is 4.75 Å². The lowest BCUT2D eigenvalue weighted by Gasteiger charge is -2.04. The van der Waals surface area contributed by atoms with Gasteiger partial charge in [-0.1, -0.05) is 41.5 Å². The Bertz CT molecular complexity index is 55.9. The molecule has 0 bridgehead atoms. The van der Waals surface area contributed by atoms with Crippen molar-refractivity contribution in [3.63, 3.8) is 0 Å². The standard InChI is InChI=1S/C4H10S.C3H8S.C2H6S/c1-4(2,3)5;1-3(2)4;1-2-3/h5H,1-3H3;3-4H,1-2H3;3H,2H2,1H3. The molecule has 0 N–H and O–H groups in total. The fourth-order valence-electron chi connectivity index (χ4n) is 0. The molecule has 0 atom stereocenters. The number of hydrogen-bond acceptors (Lipinski definition) is 3. The van der Waals surface area contributed by atoms with E-state index in [0.29, 0.717) is 5.25 Å². The Morgan fingerprint density at radius 2 is 1.17 bits per heavy atom. The SMILES string of the molecule is CC(C)(C)S.CC(C)S.CCS. The van der Waals surface area contributed by atoms with Gasteiger partial charge in [0.15, 0.2) is 0 Å². The highest BCUT2D eigenvalue weighted by Crippen LogP contribution is 2.07. The van der Waals surface area contributed by atoms with Crippen molar-refractivity contribution in [3.8, 4) is 0 Å². The minimum absolute atomic E-state index is 0.194. The molecule has 0 aliphatic rings. The second-order valence-electron chi connectivity index (χ2n) is 3.58. The molecule has 0 heterocycles. The van der Waals surface area contributed by atoms with E-state index in [0.717, 1.165) is 5.75 Å². The third kappa shape index (κ3) is 1010. The Morgan fingerprint density at radius 3 is 1.17 bits per heavy atom. The van der Waals surface area contributed by atoms with Gasteiger partial charge in [0.25, 0.3) is 0 Å². The molecule has 0 saturated carbocycles. The summed E-state index contributed by atoms with van der Waals surface area (Å²) in [7, 11) is 0. The quantitative estimate of drug-likeness (QED) is 0.513. The van der Waals surface area contributed by atoms with Crippen LogP contribution in [0.25, 0.3) is 0 Å². The highest BCUT2D eigenvalue weighted by atomic mass is 32.1. The van der Waals surface area contributed by atoms with Crippen LogP contribution in [0.1, 0.15) is 41.5 Å². The molecule has 0 aliphatic heterocycles. The molecule has 0 aromatic carbocycles. The van der Waals surface area contributed by atoms with Crippen molar-refractivity contribution in [1.82, 2.24) is 0 Å². The number of thiol groups is 3. The molecule has 0 rings (SSSR count). The molecule has 0 fully saturated rings. The summed E-state index contributed by atoms with van der Waals surface area (Å²) in [5, 5.41) is 0.528. The summed E-state index contributed by atoms with van der Waals surface area (Å²) >= 11 is 11.9. The zero-order valence-electron chi connectivity index (χ0n) is 9.13. The van der Waals surface area contributed by atoms with Crippen molar-refractivity contribution in [1.29, 1.82) is 0 Å². The molecule has 0 aromatic rings.